The highest BCUT2D eigenvalue weighted by atomic mass is 35.5. The molecule has 0 aliphatic carbocycles. The fraction of sp³-hybridized carbons (Fsp3) is 0.167. The van der Waals surface area contributed by atoms with Crippen LogP contribution in [-0.4, -0.2) is 5.11 Å². The lowest BCUT2D eigenvalue weighted by Crippen LogP contribution is -2.02. The lowest BCUT2D eigenvalue weighted by molar-refractivity contribution is 0.179. The van der Waals surface area contributed by atoms with Gasteiger partial charge in [-0.05, 0) is 17.5 Å². The molecule has 84 valence electrons. The maximum atomic E-state index is 13.2. The topological polar surface area (TPSA) is 20.2 Å². The quantitative estimate of drug-likeness (QED) is 0.885. The van der Waals surface area contributed by atoms with E-state index in [2.05, 4.69) is 0 Å². The Kier molecular flexibility index (Phi) is 3.59. The normalized spacial score (nSPS) is 12.7. The summed E-state index contributed by atoms with van der Waals surface area (Å²) in [5.41, 5.74) is 0.440. The van der Waals surface area contributed by atoms with Crippen LogP contribution in [0.3, 0.4) is 0 Å². The molecule has 0 amide bonds. The Hall–Kier alpha value is -0.900. The maximum absolute atomic E-state index is 13.2. The summed E-state index contributed by atoms with van der Waals surface area (Å²) in [5, 5.41) is 11.9. The second-order valence-corrected chi connectivity index (χ2v) is 4.85. The van der Waals surface area contributed by atoms with Gasteiger partial charge in [0.05, 0.1) is 11.1 Å². The van der Waals surface area contributed by atoms with E-state index in [1.807, 2.05) is 17.5 Å². The SMILES string of the molecule is OC(Cc1cccs1)c1cccc(F)c1Cl. The number of aliphatic hydroxyl groups is 1. The van der Waals surface area contributed by atoms with Gasteiger partial charge in [-0.25, -0.2) is 4.39 Å². The van der Waals surface area contributed by atoms with Gasteiger partial charge >= 0.3 is 0 Å². The van der Waals surface area contributed by atoms with Gasteiger partial charge in [0.15, 0.2) is 0 Å². The minimum absolute atomic E-state index is 0.00607. The first kappa shape index (κ1) is 11.6. The number of halogens is 2. The largest absolute Gasteiger partial charge is 0.388 e. The predicted molar refractivity (Wildman–Crippen MR) is 64.4 cm³/mol. The first-order valence-corrected chi connectivity index (χ1v) is 6.08. The van der Waals surface area contributed by atoms with Crippen molar-refractivity contribution in [2.24, 2.45) is 0 Å². The molecule has 0 fully saturated rings. The number of hydrogen-bond donors (Lipinski definition) is 1. The van der Waals surface area contributed by atoms with Gasteiger partial charge in [-0.15, -0.1) is 11.3 Å². The molecule has 0 saturated carbocycles. The van der Waals surface area contributed by atoms with Crippen molar-refractivity contribution in [3.05, 3.63) is 57.0 Å². The van der Waals surface area contributed by atoms with E-state index in [4.69, 9.17) is 11.6 Å². The highest BCUT2D eigenvalue weighted by molar-refractivity contribution is 7.09. The highest BCUT2D eigenvalue weighted by Gasteiger charge is 2.15. The van der Waals surface area contributed by atoms with Crippen LogP contribution in [0.5, 0.6) is 0 Å². The summed E-state index contributed by atoms with van der Waals surface area (Å²) in [7, 11) is 0. The Morgan fingerprint density at radius 2 is 2.12 bits per heavy atom. The van der Waals surface area contributed by atoms with Gasteiger partial charge in [0.2, 0.25) is 0 Å². The molecule has 0 bridgehead atoms. The molecule has 1 atom stereocenters. The monoisotopic (exact) mass is 256 g/mol. The van der Waals surface area contributed by atoms with Gasteiger partial charge in [-0.1, -0.05) is 29.8 Å². The van der Waals surface area contributed by atoms with Gasteiger partial charge in [-0.2, -0.15) is 0 Å². The van der Waals surface area contributed by atoms with Crippen molar-refractivity contribution < 1.29 is 9.50 Å². The molecule has 1 heterocycles. The fourth-order valence-corrected chi connectivity index (χ4v) is 2.50. The molecular formula is C12H10ClFOS. The van der Waals surface area contributed by atoms with E-state index in [-0.39, 0.29) is 5.02 Å². The molecule has 1 N–H and O–H groups in total. The Morgan fingerprint density at radius 3 is 2.81 bits per heavy atom. The number of hydrogen-bond acceptors (Lipinski definition) is 2. The molecule has 0 aliphatic rings. The van der Waals surface area contributed by atoms with E-state index in [1.165, 1.54) is 6.07 Å². The standard InChI is InChI=1S/C12H10ClFOS/c13-12-9(4-1-5-10(12)14)11(15)7-8-3-2-6-16-8/h1-6,11,15H,7H2. The first-order chi connectivity index (χ1) is 7.68. The van der Waals surface area contributed by atoms with Crippen molar-refractivity contribution in [1.29, 1.82) is 0 Å². The molecule has 2 aromatic rings. The summed E-state index contributed by atoms with van der Waals surface area (Å²) >= 11 is 7.36. The van der Waals surface area contributed by atoms with Gasteiger partial charge < -0.3 is 5.11 Å². The molecule has 1 unspecified atom stereocenters. The molecule has 16 heavy (non-hydrogen) atoms. The van der Waals surface area contributed by atoms with Crippen LogP contribution in [0.25, 0.3) is 0 Å². The van der Waals surface area contributed by atoms with Crippen LogP contribution in [0.1, 0.15) is 16.5 Å². The summed E-state index contributed by atoms with van der Waals surface area (Å²) in [6.07, 6.45) is -0.303. The third-order valence-corrected chi connectivity index (χ3v) is 3.61. The zero-order chi connectivity index (χ0) is 11.5. The molecule has 0 saturated heterocycles. The van der Waals surface area contributed by atoms with Crippen molar-refractivity contribution in [3.63, 3.8) is 0 Å². The van der Waals surface area contributed by atoms with Crippen molar-refractivity contribution >= 4 is 22.9 Å². The van der Waals surface area contributed by atoms with Crippen molar-refractivity contribution in [2.45, 2.75) is 12.5 Å². The van der Waals surface area contributed by atoms with E-state index in [9.17, 15) is 9.50 Å². The van der Waals surface area contributed by atoms with Crippen LogP contribution in [0.2, 0.25) is 5.02 Å². The number of aliphatic hydroxyl groups excluding tert-OH is 1. The molecule has 4 heteroatoms. The number of thiophene rings is 1. The molecule has 2 rings (SSSR count). The van der Waals surface area contributed by atoms with Crippen LogP contribution >= 0.6 is 22.9 Å². The van der Waals surface area contributed by atoms with E-state index >= 15 is 0 Å². The molecule has 1 aromatic carbocycles. The molecule has 0 aliphatic heterocycles. The lowest BCUT2D eigenvalue weighted by Gasteiger charge is -2.11. The fourth-order valence-electron chi connectivity index (χ4n) is 1.51. The minimum atomic E-state index is -0.762. The second kappa shape index (κ2) is 4.95. The van der Waals surface area contributed by atoms with E-state index in [0.29, 0.717) is 12.0 Å². The zero-order valence-corrected chi connectivity index (χ0v) is 9.93. The van der Waals surface area contributed by atoms with Crippen molar-refractivity contribution in [3.8, 4) is 0 Å². The summed E-state index contributed by atoms with van der Waals surface area (Å²) in [6.45, 7) is 0. The van der Waals surface area contributed by atoms with Crippen LogP contribution < -0.4 is 0 Å². The maximum Gasteiger partial charge on any atom is 0.142 e. The first-order valence-electron chi connectivity index (χ1n) is 4.83. The van der Waals surface area contributed by atoms with Gasteiger partial charge in [-0.3, -0.25) is 0 Å². The van der Waals surface area contributed by atoms with E-state index in [1.54, 1.807) is 23.5 Å². The van der Waals surface area contributed by atoms with Gasteiger partial charge in [0.1, 0.15) is 5.82 Å². The smallest absolute Gasteiger partial charge is 0.142 e. The van der Waals surface area contributed by atoms with Crippen LogP contribution in [-0.2, 0) is 6.42 Å². The predicted octanol–water partition coefficient (Wildman–Crippen LogP) is 3.82. The van der Waals surface area contributed by atoms with Gasteiger partial charge in [0, 0.05) is 16.9 Å². The van der Waals surface area contributed by atoms with Crippen molar-refractivity contribution in [2.75, 3.05) is 0 Å². The number of benzene rings is 1. The van der Waals surface area contributed by atoms with Crippen molar-refractivity contribution in [1.82, 2.24) is 0 Å². The summed E-state index contributed by atoms with van der Waals surface area (Å²) in [6, 6.07) is 8.32. The van der Waals surface area contributed by atoms with Crippen LogP contribution in [0.4, 0.5) is 4.39 Å². The third kappa shape index (κ3) is 2.43. The summed E-state index contributed by atoms with van der Waals surface area (Å²) in [4.78, 5) is 1.05. The molecule has 1 aromatic heterocycles. The summed E-state index contributed by atoms with van der Waals surface area (Å²) in [5.74, 6) is -0.496. The van der Waals surface area contributed by atoms with E-state index < -0.39 is 11.9 Å². The Bertz CT molecular complexity index is 470. The zero-order valence-electron chi connectivity index (χ0n) is 8.36. The number of rotatable bonds is 3. The minimum Gasteiger partial charge on any atom is -0.388 e. The van der Waals surface area contributed by atoms with E-state index in [0.717, 1.165) is 4.88 Å². The lowest BCUT2D eigenvalue weighted by atomic mass is 10.1. The van der Waals surface area contributed by atoms with Gasteiger partial charge in [0.25, 0.3) is 0 Å². The highest BCUT2D eigenvalue weighted by Crippen LogP contribution is 2.28. The Balaban J connectivity index is 2.21. The molecule has 0 spiro atoms. The average molecular weight is 257 g/mol. The molecule has 0 radical (unpaired) electrons. The van der Waals surface area contributed by atoms with Crippen LogP contribution in [0.15, 0.2) is 35.7 Å². The molecule has 1 nitrogen and oxygen atoms in total. The molecular weight excluding hydrogens is 247 g/mol. The second-order valence-electron chi connectivity index (χ2n) is 3.44. The Morgan fingerprint density at radius 1 is 1.31 bits per heavy atom. The van der Waals surface area contributed by atoms with Crippen LogP contribution in [0, 0.1) is 5.82 Å². The average Bonchev–Trinajstić information content (AvgIpc) is 2.74. The Labute approximate surface area is 102 Å². The summed E-state index contributed by atoms with van der Waals surface area (Å²) < 4.78 is 13.2. The third-order valence-electron chi connectivity index (χ3n) is 2.32.